The van der Waals surface area contributed by atoms with E-state index in [-0.39, 0.29) is 11.7 Å². The number of H-pyrrole nitrogens is 1. The van der Waals surface area contributed by atoms with Gasteiger partial charge in [0.25, 0.3) is 5.56 Å². The van der Waals surface area contributed by atoms with Crippen molar-refractivity contribution in [3.8, 4) is 11.5 Å². The Hall–Kier alpha value is -3.10. The zero-order valence-electron chi connectivity index (χ0n) is 18.2. The molecule has 0 amide bonds. The van der Waals surface area contributed by atoms with Crippen LogP contribution < -0.4 is 20.3 Å². The molecule has 0 spiro atoms. The highest BCUT2D eigenvalue weighted by Crippen LogP contribution is 2.21. The number of methoxy groups -OCH3 is 2. The number of aromatic amines is 1. The fourth-order valence-corrected chi connectivity index (χ4v) is 4.06. The van der Waals surface area contributed by atoms with E-state index in [1.807, 2.05) is 53.4 Å². The number of thiocarbonyl (C=S) groups is 1. The second kappa shape index (κ2) is 10.0. The van der Waals surface area contributed by atoms with Crippen molar-refractivity contribution in [1.29, 1.82) is 0 Å². The van der Waals surface area contributed by atoms with Gasteiger partial charge in [-0.1, -0.05) is 0 Å². The number of aromatic nitrogens is 1. The van der Waals surface area contributed by atoms with Gasteiger partial charge in [0.1, 0.15) is 11.5 Å². The molecule has 2 heterocycles. The Balaban J connectivity index is 1.57. The Labute approximate surface area is 192 Å². The van der Waals surface area contributed by atoms with Gasteiger partial charge in [-0.3, -0.25) is 4.79 Å². The molecule has 1 atom stereocenters. The first-order valence-electron chi connectivity index (χ1n) is 10.6. The largest absolute Gasteiger partial charge is 0.497 e. The van der Waals surface area contributed by atoms with Crippen molar-refractivity contribution >= 4 is 33.9 Å². The van der Waals surface area contributed by atoms with Crippen LogP contribution in [0.1, 0.15) is 18.4 Å². The van der Waals surface area contributed by atoms with Gasteiger partial charge in [0, 0.05) is 30.5 Å². The number of benzene rings is 2. The monoisotopic (exact) mass is 453 g/mol. The SMILES string of the molecule is COc1ccc(NC(=S)N(Cc2cc3ccc(OC)cc3[nH]c2=O)CC2CCCO2)cc1. The van der Waals surface area contributed by atoms with Crippen LogP contribution in [0.15, 0.2) is 53.3 Å². The van der Waals surface area contributed by atoms with Crippen LogP contribution in [-0.4, -0.2) is 48.5 Å². The number of ether oxygens (including phenoxy) is 3. The lowest BCUT2D eigenvalue weighted by molar-refractivity contribution is 0.0904. The van der Waals surface area contributed by atoms with Gasteiger partial charge in [-0.15, -0.1) is 0 Å². The van der Waals surface area contributed by atoms with Crippen LogP contribution in [-0.2, 0) is 11.3 Å². The van der Waals surface area contributed by atoms with Crippen molar-refractivity contribution in [2.75, 3.05) is 32.7 Å². The van der Waals surface area contributed by atoms with E-state index < -0.39 is 0 Å². The standard InChI is InChI=1S/C24H27N3O4S/c1-29-19-9-6-18(7-10-19)25-24(32)27(15-21-4-3-11-31-21)14-17-12-16-5-8-20(30-2)13-22(16)26-23(17)28/h5-10,12-13,21H,3-4,11,14-15H2,1-2H3,(H,25,32)(H,26,28). The van der Waals surface area contributed by atoms with Gasteiger partial charge in [0.2, 0.25) is 0 Å². The third-order valence-electron chi connectivity index (χ3n) is 5.57. The molecule has 1 saturated heterocycles. The number of nitrogens with zero attached hydrogens (tertiary/aromatic N) is 1. The number of hydrogen-bond acceptors (Lipinski definition) is 5. The van der Waals surface area contributed by atoms with Crippen molar-refractivity contribution in [2.45, 2.75) is 25.5 Å². The summed E-state index contributed by atoms with van der Waals surface area (Å²) in [5, 5.41) is 4.75. The highest BCUT2D eigenvalue weighted by atomic mass is 32.1. The van der Waals surface area contributed by atoms with Crippen molar-refractivity contribution in [3.63, 3.8) is 0 Å². The molecule has 7 nitrogen and oxygen atoms in total. The third-order valence-corrected chi connectivity index (χ3v) is 5.93. The second-order valence-corrected chi connectivity index (χ2v) is 8.14. The molecular formula is C24H27N3O4S. The van der Waals surface area contributed by atoms with E-state index >= 15 is 0 Å². The summed E-state index contributed by atoms with van der Waals surface area (Å²) < 4.78 is 16.3. The second-order valence-electron chi connectivity index (χ2n) is 7.75. The van der Waals surface area contributed by atoms with Crippen LogP contribution in [0, 0.1) is 0 Å². The first kappa shape index (κ1) is 22.1. The molecule has 2 N–H and O–H groups in total. The summed E-state index contributed by atoms with van der Waals surface area (Å²) in [6, 6.07) is 15.1. The molecule has 1 unspecified atom stereocenters. The molecule has 1 aromatic heterocycles. The minimum Gasteiger partial charge on any atom is -0.497 e. The van der Waals surface area contributed by atoms with E-state index in [1.54, 1.807) is 14.2 Å². The molecule has 0 radical (unpaired) electrons. The van der Waals surface area contributed by atoms with Crippen molar-refractivity contribution < 1.29 is 14.2 Å². The molecule has 2 aromatic carbocycles. The van der Waals surface area contributed by atoms with Crippen LogP contribution in [0.3, 0.4) is 0 Å². The van der Waals surface area contributed by atoms with E-state index in [0.29, 0.717) is 29.5 Å². The summed E-state index contributed by atoms with van der Waals surface area (Å²) in [7, 11) is 3.24. The summed E-state index contributed by atoms with van der Waals surface area (Å²) in [5.41, 5.74) is 2.09. The summed E-state index contributed by atoms with van der Waals surface area (Å²) >= 11 is 5.72. The molecule has 0 aliphatic carbocycles. The summed E-state index contributed by atoms with van der Waals surface area (Å²) in [6.07, 6.45) is 2.11. The lowest BCUT2D eigenvalue weighted by Gasteiger charge is -2.28. The first-order valence-corrected chi connectivity index (χ1v) is 11.0. The van der Waals surface area contributed by atoms with E-state index in [2.05, 4.69) is 10.3 Å². The van der Waals surface area contributed by atoms with Crippen LogP contribution in [0.25, 0.3) is 10.9 Å². The minimum atomic E-state index is -0.143. The van der Waals surface area contributed by atoms with Crippen LogP contribution in [0.4, 0.5) is 5.69 Å². The summed E-state index contributed by atoms with van der Waals surface area (Å²) in [6.45, 7) is 1.75. The average Bonchev–Trinajstić information content (AvgIpc) is 3.32. The topological polar surface area (TPSA) is 75.8 Å². The van der Waals surface area contributed by atoms with Crippen molar-refractivity contribution in [2.24, 2.45) is 0 Å². The number of nitrogens with one attached hydrogen (secondary N) is 2. The molecule has 3 aromatic rings. The third kappa shape index (κ3) is 5.20. The highest BCUT2D eigenvalue weighted by Gasteiger charge is 2.22. The van der Waals surface area contributed by atoms with E-state index in [0.717, 1.165) is 41.8 Å². The average molecular weight is 454 g/mol. The van der Waals surface area contributed by atoms with Gasteiger partial charge in [0.15, 0.2) is 5.11 Å². The molecule has 0 bridgehead atoms. The van der Waals surface area contributed by atoms with Gasteiger partial charge in [-0.05, 0) is 72.9 Å². The molecule has 8 heteroatoms. The number of anilines is 1. The Morgan fingerprint density at radius 3 is 2.59 bits per heavy atom. The van der Waals surface area contributed by atoms with Crippen LogP contribution >= 0.6 is 12.2 Å². The Kier molecular flexibility index (Phi) is 6.92. The quantitative estimate of drug-likeness (QED) is 0.525. The molecule has 168 valence electrons. The molecular weight excluding hydrogens is 426 g/mol. The Morgan fingerprint density at radius 1 is 1.16 bits per heavy atom. The van der Waals surface area contributed by atoms with Crippen molar-refractivity contribution in [1.82, 2.24) is 9.88 Å². The van der Waals surface area contributed by atoms with E-state index in [4.69, 9.17) is 26.4 Å². The lowest BCUT2D eigenvalue weighted by atomic mass is 10.1. The lowest BCUT2D eigenvalue weighted by Crippen LogP contribution is -2.40. The van der Waals surface area contributed by atoms with Gasteiger partial charge >= 0.3 is 0 Å². The fourth-order valence-electron chi connectivity index (χ4n) is 3.81. The minimum absolute atomic E-state index is 0.0921. The smallest absolute Gasteiger partial charge is 0.253 e. The van der Waals surface area contributed by atoms with E-state index in [1.165, 1.54) is 0 Å². The highest BCUT2D eigenvalue weighted by molar-refractivity contribution is 7.80. The van der Waals surface area contributed by atoms with Gasteiger partial charge < -0.3 is 29.4 Å². The molecule has 0 saturated carbocycles. The van der Waals surface area contributed by atoms with Crippen LogP contribution in [0.2, 0.25) is 0 Å². The Morgan fingerprint density at radius 2 is 1.91 bits per heavy atom. The predicted molar refractivity (Wildman–Crippen MR) is 130 cm³/mol. The fraction of sp³-hybridized carbons (Fsp3) is 0.333. The zero-order chi connectivity index (χ0) is 22.5. The molecule has 1 fully saturated rings. The number of hydrogen-bond donors (Lipinski definition) is 2. The first-order chi connectivity index (χ1) is 15.6. The molecule has 1 aliphatic rings. The summed E-state index contributed by atoms with van der Waals surface area (Å²) in [4.78, 5) is 17.8. The zero-order valence-corrected chi connectivity index (χ0v) is 19.0. The maximum atomic E-state index is 12.8. The van der Waals surface area contributed by atoms with Crippen LogP contribution in [0.5, 0.6) is 11.5 Å². The summed E-state index contributed by atoms with van der Waals surface area (Å²) in [5.74, 6) is 1.47. The maximum Gasteiger partial charge on any atom is 0.253 e. The van der Waals surface area contributed by atoms with Gasteiger partial charge in [0.05, 0.1) is 32.4 Å². The number of pyridine rings is 1. The van der Waals surface area contributed by atoms with Gasteiger partial charge in [-0.25, -0.2) is 0 Å². The predicted octanol–water partition coefficient (Wildman–Crippen LogP) is 3.92. The van der Waals surface area contributed by atoms with Crippen molar-refractivity contribution in [3.05, 3.63) is 64.4 Å². The number of rotatable bonds is 7. The molecule has 32 heavy (non-hydrogen) atoms. The van der Waals surface area contributed by atoms with E-state index in [9.17, 15) is 4.79 Å². The maximum absolute atomic E-state index is 12.8. The molecule has 1 aliphatic heterocycles. The Bertz CT molecular complexity index is 1140. The van der Waals surface area contributed by atoms with Gasteiger partial charge in [-0.2, -0.15) is 0 Å². The number of fused-ring (bicyclic) bond motifs is 1. The normalized spacial score (nSPS) is 15.5. The molecule has 4 rings (SSSR count).